The number of hydrogen-bond acceptors (Lipinski definition) is 9. The van der Waals surface area contributed by atoms with Crippen LogP contribution in [0.4, 0.5) is 6.01 Å². The van der Waals surface area contributed by atoms with Crippen LogP contribution in [0.5, 0.6) is 0 Å². The number of rotatable bonds is 7. The Morgan fingerprint density at radius 2 is 1.76 bits per heavy atom. The van der Waals surface area contributed by atoms with E-state index in [1.165, 1.54) is 19.1 Å². The molecule has 1 heterocycles. The van der Waals surface area contributed by atoms with Gasteiger partial charge in [-0.3, -0.25) is 9.59 Å². The molecule has 0 aromatic carbocycles. The molecule has 1 aromatic heterocycles. The summed E-state index contributed by atoms with van der Waals surface area (Å²) in [4.78, 5) is 39.2. The van der Waals surface area contributed by atoms with Crippen LogP contribution in [0.1, 0.15) is 17.4 Å². The van der Waals surface area contributed by atoms with E-state index in [0.717, 1.165) is 6.26 Å². The van der Waals surface area contributed by atoms with E-state index in [1.807, 2.05) is 0 Å². The van der Waals surface area contributed by atoms with Crippen LogP contribution in [0, 0.1) is 0 Å². The van der Waals surface area contributed by atoms with Crippen LogP contribution in [-0.4, -0.2) is 56.8 Å². The number of carbonyl (C=O) groups excluding carboxylic acids is 3. The third kappa shape index (κ3) is 4.79. The van der Waals surface area contributed by atoms with Gasteiger partial charge in [0.2, 0.25) is 0 Å². The highest BCUT2D eigenvalue weighted by Crippen LogP contribution is 2.14. The van der Waals surface area contributed by atoms with E-state index in [2.05, 4.69) is 14.5 Å². The molecule has 9 heteroatoms. The number of oxazole rings is 1. The Labute approximate surface area is 120 Å². The van der Waals surface area contributed by atoms with Gasteiger partial charge in [-0.1, -0.05) is 0 Å². The fourth-order valence-electron chi connectivity index (χ4n) is 1.34. The highest BCUT2D eigenvalue weighted by molar-refractivity contribution is 5.87. The third-order valence-corrected chi connectivity index (χ3v) is 2.34. The number of aromatic nitrogens is 1. The molecule has 0 saturated carbocycles. The smallest absolute Gasteiger partial charge is 0.360 e. The molecule has 0 spiro atoms. The topological polar surface area (TPSA) is 108 Å². The lowest BCUT2D eigenvalue weighted by Crippen LogP contribution is -2.36. The molecule has 0 N–H and O–H groups in total. The van der Waals surface area contributed by atoms with E-state index in [-0.39, 0.29) is 31.4 Å². The van der Waals surface area contributed by atoms with Gasteiger partial charge < -0.3 is 23.5 Å². The van der Waals surface area contributed by atoms with Crippen molar-refractivity contribution in [2.75, 3.05) is 38.8 Å². The van der Waals surface area contributed by atoms with Gasteiger partial charge in [-0.05, 0) is 6.92 Å². The molecule has 9 nitrogen and oxygen atoms in total. The average Bonchev–Trinajstić information content (AvgIpc) is 2.96. The van der Waals surface area contributed by atoms with Gasteiger partial charge in [0.25, 0.3) is 6.01 Å². The normalized spacial score (nSPS) is 9.86. The first kappa shape index (κ1) is 16.5. The van der Waals surface area contributed by atoms with Crippen molar-refractivity contribution < 1.29 is 33.0 Å². The minimum atomic E-state index is -0.663. The first-order valence-corrected chi connectivity index (χ1v) is 6.03. The Morgan fingerprint density at radius 1 is 1.19 bits per heavy atom. The molecule has 0 atom stereocenters. The molecule has 0 amide bonds. The van der Waals surface area contributed by atoms with Gasteiger partial charge in [-0.2, -0.15) is 4.98 Å². The predicted octanol–water partition coefficient (Wildman–Crippen LogP) is 0.00370. The second-order valence-electron chi connectivity index (χ2n) is 3.74. The van der Waals surface area contributed by atoms with Gasteiger partial charge in [-0.15, -0.1) is 0 Å². The highest BCUT2D eigenvalue weighted by atomic mass is 16.5. The molecule has 1 rings (SSSR count). The van der Waals surface area contributed by atoms with Crippen LogP contribution in [0.25, 0.3) is 0 Å². The Kier molecular flexibility index (Phi) is 6.18. The first-order chi connectivity index (χ1) is 10.0. The zero-order chi connectivity index (χ0) is 15.8. The van der Waals surface area contributed by atoms with Crippen LogP contribution >= 0.6 is 0 Å². The average molecular weight is 300 g/mol. The van der Waals surface area contributed by atoms with Crippen LogP contribution in [0.2, 0.25) is 0 Å². The maximum atomic E-state index is 11.5. The molecule has 0 aliphatic heterocycles. The number of anilines is 1. The molecule has 0 saturated heterocycles. The number of esters is 3. The molecular formula is C12H16N2O7. The Bertz CT molecular complexity index is 493. The maximum absolute atomic E-state index is 11.5. The summed E-state index contributed by atoms with van der Waals surface area (Å²) in [7, 11) is 2.41. The summed E-state index contributed by atoms with van der Waals surface area (Å²) >= 11 is 0. The van der Waals surface area contributed by atoms with Crippen molar-refractivity contribution in [3.05, 3.63) is 12.0 Å². The summed E-state index contributed by atoms with van der Waals surface area (Å²) in [5.74, 6) is -1.87. The summed E-state index contributed by atoms with van der Waals surface area (Å²) in [6.45, 7) is 1.28. The fraction of sp³-hybridized carbons (Fsp3) is 0.500. The standard InChI is InChI=1S/C12H16N2O7/c1-4-20-11(17)8-7-21-12(13-8)14(5-9(15)18-2)6-10(16)19-3/h7H,4-6H2,1-3H3. The fourth-order valence-corrected chi connectivity index (χ4v) is 1.34. The summed E-state index contributed by atoms with van der Waals surface area (Å²) in [6, 6.07) is -0.0890. The van der Waals surface area contributed by atoms with Crippen molar-refractivity contribution in [2.45, 2.75) is 6.92 Å². The highest BCUT2D eigenvalue weighted by Gasteiger charge is 2.22. The van der Waals surface area contributed by atoms with Crippen molar-refractivity contribution in [2.24, 2.45) is 0 Å². The monoisotopic (exact) mass is 300 g/mol. The van der Waals surface area contributed by atoms with Crippen molar-refractivity contribution in [1.82, 2.24) is 4.98 Å². The second-order valence-corrected chi connectivity index (χ2v) is 3.74. The lowest BCUT2D eigenvalue weighted by Gasteiger charge is -2.17. The van der Waals surface area contributed by atoms with Gasteiger partial charge in [0.1, 0.15) is 19.4 Å². The molecule has 1 aromatic rings. The van der Waals surface area contributed by atoms with E-state index in [1.54, 1.807) is 6.92 Å². The summed E-state index contributed by atoms with van der Waals surface area (Å²) in [5, 5.41) is 0. The number of nitrogens with zero attached hydrogens (tertiary/aromatic N) is 2. The Hall–Kier alpha value is -2.58. The predicted molar refractivity (Wildman–Crippen MR) is 68.7 cm³/mol. The second kappa shape index (κ2) is 7.88. The molecule has 0 aliphatic carbocycles. The number of hydrogen-bond donors (Lipinski definition) is 0. The quantitative estimate of drug-likeness (QED) is 0.508. The zero-order valence-electron chi connectivity index (χ0n) is 12.0. The van der Waals surface area contributed by atoms with E-state index in [4.69, 9.17) is 9.15 Å². The third-order valence-electron chi connectivity index (χ3n) is 2.34. The van der Waals surface area contributed by atoms with Crippen LogP contribution < -0.4 is 4.90 Å². The SMILES string of the molecule is CCOC(=O)c1coc(N(CC(=O)OC)CC(=O)OC)n1. The van der Waals surface area contributed by atoms with Gasteiger partial charge in [0.05, 0.1) is 20.8 Å². The van der Waals surface area contributed by atoms with Crippen molar-refractivity contribution in [3.63, 3.8) is 0 Å². The number of ether oxygens (including phenoxy) is 3. The van der Waals surface area contributed by atoms with E-state index in [0.29, 0.717) is 0 Å². The molecule has 0 bridgehead atoms. The molecule has 21 heavy (non-hydrogen) atoms. The van der Waals surface area contributed by atoms with Crippen molar-refractivity contribution in [1.29, 1.82) is 0 Å². The van der Waals surface area contributed by atoms with Crippen LogP contribution in [0.15, 0.2) is 10.7 Å². The van der Waals surface area contributed by atoms with Gasteiger partial charge >= 0.3 is 17.9 Å². The lowest BCUT2D eigenvalue weighted by atomic mass is 10.5. The molecule has 0 radical (unpaired) electrons. The largest absolute Gasteiger partial charge is 0.468 e. The molecule has 0 aliphatic rings. The first-order valence-electron chi connectivity index (χ1n) is 6.03. The Balaban J connectivity index is 2.89. The zero-order valence-corrected chi connectivity index (χ0v) is 12.0. The van der Waals surface area contributed by atoms with E-state index < -0.39 is 17.9 Å². The van der Waals surface area contributed by atoms with E-state index >= 15 is 0 Å². The summed E-state index contributed by atoms with van der Waals surface area (Å²) < 4.78 is 18.9. The minimum Gasteiger partial charge on any atom is -0.468 e. The summed E-state index contributed by atoms with van der Waals surface area (Å²) in [5.41, 5.74) is -0.0634. The minimum absolute atomic E-state index is 0.0634. The van der Waals surface area contributed by atoms with Gasteiger partial charge in [-0.25, -0.2) is 4.79 Å². The van der Waals surface area contributed by atoms with Gasteiger partial charge in [0.15, 0.2) is 5.69 Å². The number of carbonyl (C=O) groups is 3. The van der Waals surface area contributed by atoms with Crippen molar-refractivity contribution >= 4 is 23.9 Å². The van der Waals surface area contributed by atoms with Crippen LogP contribution in [-0.2, 0) is 23.8 Å². The Morgan fingerprint density at radius 3 is 2.24 bits per heavy atom. The summed E-state index contributed by atoms with van der Waals surface area (Å²) in [6.07, 6.45) is 1.08. The molecule has 0 fully saturated rings. The van der Waals surface area contributed by atoms with Gasteiger partial charge in [0, 0.05) is 0 Å². The van der Waals surface area contributed by atoms with Crippen molar-refractivity contribution in [3.8, 4) is 0 Å². The van der Waals surface area contributed by atoms with E-state index in [9.17, 15) is 14.4 Å². The maximum Gasteiger partial charge on any atom is 0.360 e. The number of methoxy groups -OCH3 is 2. The molecule has 116 valence electrons. The molecule has 0 unspecified atom stereocenters. The molecular weight excluding hydrogens is 284 g/mol. The lowest BCUT2D eigenvalue weighted by molar-refractivity contribution is -0.140. The van der Waals surface area contributed by atoms with Crippen LogP contribution in [0.3, 0.4) is 0 Å².